The maximum absolute atomic E-state index is 4.68. The summed E-state index contributed by atoms with van der Waals surface area (Å²) in [4.78, 5) is 15.5. The van der Waals surface area contributed by atoms with Crippen LogP contribution in [-0.4, -0.2) is 60.4 Å². The predicted octanol–water partition coefficient (Wildman–Crippen LogP) is 2.74. The number of rotatable bonds is 4. The highest BCUT2D eigenvalue weighted by atomic mass is 15.3. The lowest BCUT2D eigenvalue weighted by Gasteiger charge is -2.38. The molecule has 0 bridgehead atoms. The van der Waals surface area contributed by atoms with Crippen LogP contribution in [-0.2, 0) is 5.41 Å². The molecule has 1 aliphatic heterocycles. The van der Waals surface area contributed by atoms with Gasteiger partial charge in [0.05, 0.1) is 5.69 Å². The first-order valence-corrected chi connectivity index (χ1v) is 9.58. The zero-order chi connectivity index (χ0) is 19.6. The maximum Gasteiger partial charge on any atom is 0.226 e. The molecule has 2 aromatic rings. The number of hydrogen-bond acceptors (Lipinski definition) is 7. The Morgan fingerprint density at radius 3 is 2.48 bits per heavy atom. The third-order valence-corrected chi connectivity index (χ3v) is 5.08. The molecule has 0 aromatic carbocycles. The summed E-state index contributed by atoms with van der Waals surface area (Å²) in [5, 5.41) is 8.95. The van der Waals surface area contributed by atoms with Crippen LogP contribution in [0.2, 0.25) is 0 Å². The van der Waals surface area contributed by atoms with Crippen LogP contribution in [0.3, 0.4) is 0 Å². The average Bonchev–Trinajstić information content (AvgIpc) is 2.67. The van der Waals surface area contributed by atoms with Crippen molar-refractivity contribution < 1.29 is 0 Å². The van der Waals surface area contributed by atoms with E-state index in [2.05, 4.69) is 69.9 Å². The minimum Gasteiger partial charge on any atom is -0.355 e. The van der Waals surface area contributed by atoms with E-state index < -0.39 is 0 Å². The van der Waals surface area contributed by atoms with E-state index in [-0.39, 0.29) is 5.41 Å². The molecule has 0 radical (unpaired) electrons. The number of likely N-dealkylation sites (N-methyl/N-ethyl adjacent to an activating group) is 1. The molecule has 2 aromatic heterocycles. The zero-order valence-corrected chi connectivity index (χ0v) is 17.3. The number of hydrogen-bond donors (Lipinski definition) is 0. The van der Waals surface area contributed by atoms with Crippen LogP contribution in [0, 0.1) is 0 Å². The molecule has 7 nitrogen and oxygen atoms in total. The Morgan fingerprint density at radius 1 is 1.07 bits per heavy atom. The highest BCUT2D eigenvalue weighted by Gasteiger charge is 2.26. The van der Waals surface area contributed by atoms with Gasteiger partial charge in [-0.3, -0.25) is 0 Å². The monoisotopic (exact) mass is 369 g/mol. The summed E-state index contributed by atoms with van der Waals surface area (Å²) in [7, 11) is 6.03. The first-order valence-electron chi connectivity index (χ1n) is 9.58. The summed E-state index contributed by atoms with van der Waals surface area (Å²) in [6.07, 6.45) is 4.09. The Balaban J connectivity index is 1.73. The Morgan fingerprint density at radius 2 is 1.85 bits per heavy atom. The molecule has 1 fully saturated rings. The molecule has 0 saturated carbocycles. The summed E-state index contributed by atoms with van der Waals surface area (Å²) in [6, 6.07) is 6.56. The molecular formula is C20H31N7. The van der Waals surface area contributed by atoms with E-state index in [1.165, 1.54) is 0 Å². The summed E-state index contributed by atoms with van der Waals surface area (Å²) in [5.41, 5.74) is 1.04. The van der Waals surface area contributed by atoms with Crippen molar-refractivity contribution in [3.05, 3.63) is 30.1 Å². The van der Waals surface area contributed by atoms with Gasteiger partial charge in [0.15, 0.2) is 5.82 Å². The fraction of sp³-hybridized carbons (Fsp3) is 0.600. The summed E-state index contributed by atoms with van der Waals surface area (Å²) < 4.78 is 0. The van der Waals surface area contributed by atoms with Gasteiger partial charge in [-0.15, -0.1) is 5.10 Å². The molecular weight excluding hydrogens is 338 g/mol. The lowest BCUT2D eigenvalue weighted by Crippen LogP contribution is -2.47. The number of aromatic nitrogens is 4. The number of nitrogens with zero attached hydrogens (tertiary/aromatic N) is 7. The van der Waals surface area contributed by atoms with Gasteiger partial charge in [-0.1, -0.05) is 20.8 Å². The molecule has 0 amide bonds. The summed E-state index contributed by atoms with van der Waals surface area (Å²) >= 11 is 0. The molecule has 3 rings (SSSR count). The number of piperidine rings is 1. The van der Waals surface area contributed by atoms with E-state index in [4.69, 9.17) is 0 Å². The molecule has 146 valence electrons. The van der Waals surface area contributed by atoms with Gasteiger partial charge in [-0.2, -0.15) is 10.1 Å². The average molecular weight is 370 g/mol. The Bertz CT molecular complexity index is 752. The second-order valence-corrected chi connectivity index (χ2v) is 8.49. The molecule has 1 aliphatic rings. The van der Waals surface area contributed by atoms with Crippen LogP contribution in [0.15, 0.2) is 24.4 Å². The van der Waals surface area contributed by atoms with Gasteiger partial charge in [0.1, 0.15) is 5.82 Å². The van der Waals surface area contributed by atoms with Gasteiger partial charge in [0.2, 0.25) is 5.95 Å². The Labute approximate surface area is 162 Å². The van der Waals surface area contributed by atoms with Crippen molar-refractivity contribution in [2.45, 2.75) is 45.1 Å². The predicted molar refractivity (Wildman–Crippen MR) is 111 cm³/mol. The van der Waals surface area contributed by atoms with Crippen molar-refractivity contribution in [2.24, 2.45) is 0 Å². The maximum atomic E-state index is 4.68. The molecule has 27 heavy (non-hydrogen) atoms. The second kappa shape index (κ2) is 7.66. The van der Waals surface area contributed by atoms with Gasteiger partial charge in [0, 0.05) is 51.9 Å². The van der Waals surface area contributed by atoms with Crippen molar-refractivity contribution in [3.63, 3.8) is 0 Å². The van der Waals surface area contributed by atoms with E-state index in [9.17, 15) is 0 Å². The van der Waals surface area contributed by atoms with Gasteiger partial charge >= 0.3 is 0 Å². The molecule has 1 atom stereocenters. The minimum absolute atomic E-state index is 0.0212. The standard InChI is InChI=1S/C20H31N7/c1-20(2,3)16-9-10-18(24-23-16)27-13-7-8-15(14-27)26(6)17-11-12-21-19(22-17)25(4)5/h9-12,15H,7-8,13-14H2,1-6H3. The SMILES string of the molecule is CN(C)c1nccc(N(C)C2CCCN(c3ccc(C(C)(C)C)nn3)C2)n1. The smallest absolute Gasteiger partial charge is 0.226 e. The molecule has 7 heteroatoms. The largest absolute Gasteiger partial charge is 0.355 e. The lowest BCUT2D eigenvalue weighted by atomic mass is 9.92. The first-order chi connectivity index (χ1) is 12.8. The quantitative estimate of drug-likeness (QED) is 0.821. The molecule has 0 N–H and O–H groups in total. The molecule has 1 unspecified atom stereocenters. The van der Waals surface area contributed by atoms with E-state index in [1.807, 2.05) is 31.3 Å². The van der Waals surface area contributed by atoms with E-state index >= 15 is 0 Å². The number of anilines is 3. The van der Waals surface area contributed by atoms with Crippen LogP contribution in [0.5, 0.6) is 0 Å². The molecule has 0 aliphatic carbocycles. The van der Waals surface area contributed by atoms with Gasteiger partial charge in [-0.05, 0) is 31.0 Å². The summed E-state index contributed by atoms with van der Waals surface area (Å²) in [5.74, 6) is 2.64. The topological polar surface area (TPSA) is 61.3 Å². The van der Waals surface area contributed by atoms with Crippen LogP contribution in [0.25, 0.3) is 0 Å². The zero-order valence-electron chi connectivity index (χ0n) is 17.3. The lowest BCUT2D eigenvalue weighted by molar-refractivity contribution is 0.480. The first kappa shape index (κ1) is 19.3. The fourth-order valence-corrected chi connectivity index (χ4v) is 3.31. The Hall–Kier alpha value is -2.44. The highest BCUT2D eigenvalue weighted by Crippen LogP contribution is 2.25. The van der Waals surface area contributed by atoms with Crippen LogP contribution in [0.1, 0.15) is 39.3 Å². The van der Waals surface area contributed by atoms with Crippen LogP contribution in [0.4, 0.5) is 17.6 Å². The minimum atomic E-state index is 0.0212. The van der Waals surface area contributed by atoms with Crippen molar-refractivity contribution >= 4 is 17.6 Å². The van der Waals surface area contributed by atoms with Crippen molar-refractivity contribution in [1.82, 2.24) is 20.2 Å². The Kier molecular flexibility index (Phi) is 5.48. The van der Waals surface area contributed by atoms with Crippen molar-refractivity contribution in [2.75, 3.05) is 48.9 Å². The van der Waals surface area contributed by atoms with E-state index in [1.54, 1.807) is 0 Å². The van der Waals surface area contributed by atoms with Gasteiger partial charge in [0.25, 0.3) is 0 Å². The third kappa shape index (κ3) is 4.46. The third-order valence-electron chi connectivity index (χ3n) is 5.08. The van der Waals surface area contributed by atoms with Crippen LogP contribution >= 0.6 is 0 Å². The van der Waals surface area contributed by atoms with Gasteiger partial charge < -0.3 is 14.7 Å². The second-order valence-electron chi connectivity index (χ2n) is 8.49. The molecule has 0 spiro atoms. The fourth-order valence-electron chi connectivity index (χ4n) is 3.31. The molecule has 3 heterocycles. The van der Waals surface area contributed by atoms with Crippen molar-refractivity contribution in [3.8, 4) is 0 Å². The van der Waals surface area contributed by atoms with Crippen molar-refractivity contribution in [1.29, 1.82) is 0 Å². The molecule has 1 saturated heterocycles. The summed E-state index contributed by atoms with van der Waals surface area (Å²) in [6.45, 7) is 8.41. The van der Waals surface area contributed by atoms with E-state index in [0.717, 1.165) is 49.2 Å². The van der Waals surface area contributed by atoms with Gasteiger partial charge in [-0.25, -0.2) is 4.98 Å². The van der Waals surface area contributed by atoms with Crippen LogP contribution < -0.4 is 14.7 Å². The highest BCUT2D eigenvalue weighted by molar-refractivity contribution is 5.45. The normalized spacial score (nSPS) is 17.7. The van der Waals surface area contributed by atoms with E-state index in [0.29, 0.717) is 6.04 Å².